The van der Waals surface area contributed by atoms with Crippen LogP contribution in [0.1, 0.15) is 12.8 Å². The molecule has 2 rings (SSSR count). The Hall–Kier alpha value is -1.34. The van der Waals surface area contributed by atoms with E-state index in [9.17, 15) is 9.59 Å². The number of carbonyl (C=O) groups excluding carboxylic acids is 1. The van der Waals surface area contributed by atoms with Crippen LogP contribution in [-0.2, 0) is 4.79 Å². The van der Waals surface area contributed by atoms with Crippen molar-refractivity contribution >= 4 is 12.0 Å². The molecule has 0 radical (unpaired) electrons. The summed E-state index contributed by atoms with van der Waals surface area (Å²) in [6.07, 6.45) is 1.09. The Bertz CT molecular complexity index is 334. The van der Waals surface area contributed by atoms with Crippen molar-refractivity contribution in [2.45, 2.75) is 12.8 Å². The van der Waals surface area contributed by atoms with Crippen LogP contribution >= 0.6 is 0 Å². The fourth-order valence-electron chi connectivity index (χ4n) is 2.45. The number of nitrogens with one attached hydrogen (secondary N) is 1. The number of likely N-dealkylation sites (tertiary alicyclic amines) is 1. The number of carbonyl (C=O) groups is 2. The summed E-state index contributed by atoms with van der Waals surface area (Å²) in [7, 11) is 2.07. The Labute approximate surface area is 113 Å². The zero-order chi connectivity index (χ0) is 13.8. The summed E-state index contributed by atoms with van der Waals surface area (Å²) in [6, 6.07) is -0.103. The molecule has 2 N–H and O–H groups in total. The highest BCUT2D eigenvalue weighted by Gasteiger charge is 2.27. The number of likely N-dealkylation sites (N-methyl/N-ethyl adjacent to an activating group) is 1. The Morgan fingerprint density at radius 3 is 2.16 bits per heavy atom. The first-order valence-electron chi connectivity index (χ1n) is 6.78. The predicted octanol–water partition coefficient (Wildman–Crippen LogP) is -0.345. The van der Waals surface area contributed by atoms with Crippen LogP contribution in [-0.4, -0.2) is 78.2 Å². The topological polar surface area (TPSA) is 76.1 Å². The molecule has 0 bridgehead atoms. The molecular weight excluding hydrogens is 248 g/mol. The first-order chi connectivity index (χ1) is 9.06. The van der Waals surface area contributed by atoms with Crippen molar-refractivity contribution in [3.05, 3.63) is 0 Å². The number of hydrogen-bond donors (Lipinski definition) is 2. The van der Waals surface area contributed by atoms with E-state index in [1.54, 1.807) is 4.90 Å². The lowest BCUT2D eigenvalue weighted by molar-refractivity contribution is -0.143. The standard InChI is InChI=1S/C12H22N4O3/c1-14-6-8-16(9-7-14)13-12(19)15-4-2-10(3-5-15)11(17)18/h10H,2-9H2,1H3,(H,13,19)(H,17,18). The number of piperidine rings is 1. The van der Waals surface area contributed by atoms with Gasteiger partial charge in [0, 0.05) is 39.3 Å². The van der Waals surface area contributed by atoms with E-state index >= 15 is 0 Å². The Morgan fingerprint density at radius 2 is 1.63 bits per heavy atom. The highest BCUT2D eigenvalue weighted by molar-refractivity contribution is 5.75. The van der Waals surface area contributed by atoms with Gasteiger partial charge in [-0.3, -0.25) is 10.2 Å². The van der Waals surface area contributed by atoms with Crippen molar-refractivity contribution in [2.75, 3.05) is 46.3 Å². The minimum absolute atomic E-state index is 0.103. The Kier molecular flexibility index (Phi) is 4.60. The number of carboxylic acid groups (broad SMARTS) is 1. The van der Waals surface area contributed by atoms with Crippen LogP contribution in [0.15, 0.2) is 0 Å². The molecule has 19 heavy (non-hydrogen) atoms. The largest absolute Gasteiger partial charge is 0.481 e. The molecule has 7 nitrogen and oxygen atoms in total. The summed E-state index contributed by atoms with van der Waals surface area (Å²) in [5.41, 5.74) is 2.90. The van der Waals surface area contributed by atoms with Gasteiger partial charge in [-0.15, -0.1) is 0 Å². The number of nitrogens with zero attached hydrogens (tertiary/aromatic N) is 3. The SMILES string of the molecule is CN1CCN(NC(=O)N2CCC(C(=O)O)CC2)CC1. The van der Waals surface area contributed by atoms with Crippen molar-refractivity contribution in [3.63, 3.8) is 0 Å². The number of aliphatic carboxylic acids is 1. The summed E-state index contributed by atoms with van der Waals surface area (Å²) in [6.45, 7) is 4.59. The van der Waals surface area contributed by atoms with Gasteiger partial charge >= 0.3 is 12.0 Å². The van der Waals surface area contributed by atoms with E-state index in [-0.39, 0.29) is 11.9 Å². The molecule has 7 heteroatoms. The number of piperazine rings is 1. The van der Waals surface area contributed by atoms with Crippen molar-refractivity contribution in [1.29, 1.82) is 0 Å². The van der Waals surface area contributed by atoms with E-state index in [0.29, 0.717) is 25.9 Å². The summed E-state index contributed by atoms with van der Waals surface area (Å²) in [5, 5.41) is 10.9. The molecule has 2 fully saturated rings. The second kappa shape index (κ2) is 6.21. The molecule has 0 saturated carbocycles. The van der Waals surface area contributed by atoms with Gasteiger partial charge in [-0.05, 0) is 19.9 Å². The smallest absolute Gasteiger partial charge is 0.331 e. The van der Waals surface area contributed by atoms with Crippen LogP contribution in [0.3, 0.4) is 0 Å². The monoisotopic (exact) mass is 270 g/mol. The number of carboxylic acids is 1. The highest BCUT2D eigenvalue weighted by atomic mass is 16.4. The first kappa shape index (κ1) is 14.1. The highest BCUT2D eigenvalue weighted by Crippen LogP contribution is 2.17. The van der Waals surface area contributed by atoms with Gasteiger partial charge in [0.1, 0.15) is 0 Å². The van der Waals surface area contributed by atoms with Crippen LogP contribution in [0.5, 0.6) is 0 Å². The average Bonchev–Trinajstić information content (AvgIpc) is 2.41. The van der Waals surface area contributed by atoms with Crippen molar-refractivity contribution in [1.82, 2.24) is 20.2 Å². The van der Waals surface area contributed by atoms with Crippen molar-refractivity contribution < 1.29 is 14.7 Å². The van der Waals surface area contributed by atoms with E-state index in [2.05, 4.69) is 17.4 Å². The van der Waals surface area contributed by atoms with E-state index in [4.69, 9.17) is 5.11 Å². The second-order valence-corrected chi connectivity index (χ2v) is 5.31. The van der Waals surface area contributed by atoms with Gasteiger partial charge in [0.25, 0.3) is 0 Å². The molecule has 2 saturated heterocycles. The molecule has 0 unspecified atom stereocenters. The van der Waals surface area contributed by atoms with Gasteiger partial charge in [0.15, 0.2) is 0 Å². The molecule has 0 aromatic heterocycles. The summed E-state index contributed by atoms with van der Waals surface area (Å²) in [4.78, 5) is 26.8. The molecule has 0 spiro atoms. The van der Waals surface area contributed by atoms with Gasteiger partial charge in [-0.25, -0.2) is 9.80 Å². The Morgan fingerprint density at radius 1 is 1.05 bits per heavy atom. The van der Waals surface area contributed by atoms with E-state index in [1.807, 2.05) is 5.01 Å². The molecule has 2 aliphatic rings. The Balaban J connectivity index is 1.74. The maximum absolute atomic E-state index is 12.0. The average molecular weight is 270 g/mol. The number of hydrogen-bond acceptors (Lipinski definition) is 4. The normalized spacial score (nSPS) is 23.3. The van der Waals surface area contributed by atoms with Gasteiger partial charge in [0.2, 0.25) is 0 Å². The van der Waals surface area contributed by atoms with Gasteiger partial charge in [-0.2, -0.15) is 0 Å². The van der Waals surface area contributed by atoms with Crippen LogP contribution < -0.4 is 5.43 Å². The first-order valence-corrected chi connectivity index (χ1v) is 6.78. The van der Waals surface area contributed by atoms with Crippen LogP contribution in [0.25, 0.3) is 0 Å². The maximum atomic E-state index is 12.0. The minimum atomic E-state index is -0.751. The second-order valence-electron chi connectivity index (χ2n) is 5.31. The number of rotatable bonds is 2. The number of amides is 2. The minimum Gasteiger partial charge on any atom is -0.481 e. The van der Waals surface area contributed by atoms with Crippen molar-refractivity contribution in [3.8, 4) is 0 Å². The zero-order valence-corrected chi connectivity index (χ0v) is 11.3. The third kappa shape index (κ3) is 3.81. The van der Waals surface area contributed by atoms with Crippen LogP contribution in [0.2, 0.25) is 0 Å². The van der Waals surface area contributed by atoms with Crippen LogP contribution in [0.4, 0.5) is 4.79 Å². The van der Waals surface area contributed by atoms with Gasteiger partial charge in [-0.1, -0.05) is 0 Å². The summed E-state index contributed by atoms with van der Waals surface area (Å²) in [5.74, 6) is -1.05. The van der Waals surface area contributed by atoms with Crippen LogP contribution in [0, 0.1) is 5.92 Å². The molecule has 2 aliphatic heterocycles. The van der Waals surface area contributed by atoms with Gasteiger partial charge in [0.05, 0.1) is 5.92 Å². The quantitative estimate of drug-likeness (QED) is 0.717. The summed E-state index contributed by atoms with van der Waals surface area (Å²) >= 11 is 0. The number of urea groups is 1. The van der Waals surface area contributed by atoms with Crippen molar-refractivity contribution in [2.24, 2.45) is 5.92 Å². The maximum Gasteiger partial charge on any atom is 0.331 e. The third-order valence-electron chi connectivity index (χ3n) is 3.89. The lowest BCUT2D eigenvalue weighted by Crippen LogP contribution is -2.56. The molecule has 0 aliphatic carbocycles. The van der Waals surface area contributed by atoms with E-state index in [1.165, 1.54) is 0 Å². The zero-order valence-electron chi connectivity index (χ0n) is 11.3. The lowest BCUT2D eigenvalue weighted by Gasteiger charge is -2.36. The summed E-state index contributed by atoms with van der Waals surface area (Å²) < 4.78 is 0. The fraction of sp³-hybridized carbons (Fsp3) is 0.833. The molecule has 2 heterocycles. The molecule has 0 atom stereocenters. The molecule has 0 aromatic carbocycles. The lowest BCUT2D eigenvalue weighted by atomic mass is 9.97. The van der Waals surface area contributed by atoms with Gasteiger partial charge < -0.3 is 14.9 Å². The molecule has 2 amide bonds. The molecule has 0 aromatic rings. The van der Waals surface area contributed by atoms with E-state index < -0.39 is 5.97 Å². The number of hydrazine groups is 1. The third-order valence-corrected chi connectivity index (χ3v) is 3.89. The predicted molar refractivity (Wildman–Crippen MR) is 69.5 cm³/mol. The molecule has 108 valence electrons. The fourth-order valence-corrected chi connectivity index (χ4v) is 2.45. The van der Waals surface area contributed by atoms with E-state index in [0.717, 1.165) is 26.2 Å². The molecular formula is C12H22N4O3.